The summed E-state index contributed by atoms with van der Waals surface area (Å²) in [5.41, 5.74) is 3.84. The molecule has 1 aliphatic rings. The molecule has 156 valence electrons. The topological polar surface area (TPSA) is 89.1 Å². The van der Waals surface area contributed by atoms with Crippen molar-refractivity contribution < 1.29 is 13.6 Å². The first-order valence-electron chi connectivity index (χ1n) is 9.84. The molecule has 2 aromatic heterocycles. The molecular weight excluding hydrogens is 399 g/mol. The van der Waals surface area contributed by atoms with E-state index in [4.69, 9.17) is 4.42 Å². The predicted octanol–water partition coefficient (Wildman–Crippen LogP) is 3.87. The number of fused-ring (bicyclic) bond motifs is 1. The summed E-state index contributed by atoms with van der Waals surface area (Å²) in [6.07, 6.45) is 0.648. The number of carbonyl (C=O) groups is 1. The minimum absolute atomic E-state index is 0.262. The molecular formula is C22H19FN6O2. The lowest BCUT2D eigenvalue weighted by Crippen LogP contribution is -2.39. The Kier molecular flexibility index (Phi) is 4.70. The molecule has 1 aliphatic heterocycles. The van der Waals surface area contributed by atoms with Crippen LogP contribution in [0, 0.1) is 5.82 Å². The van der Waals surface area contributed by atoms with E-state index in [1.54, 1.807) is 9.58 Å². The average Bonchev–Trinajstić information content (AvgIpc) is 3.41. The fourth-order valence-corrected chi connectivity index (χ4v) is 3.69. The number of hydrogen-bond acceptors (Lipinski definition) is 5. The number of rotatable bonds is 3. The Morgan fingerprint density at radius 2 is 1.81 bits per heavy atom. The van der Waals surface area contributed by atoms with Gasteiger partial charge in [0.2, 0.25) is 5.89 Å². The molecule has 5 rings (SSSR count). The zero-order valence-electron chi connectivity index (χ0n) is 16.7. The molecule has 2 aromatic carbocycles. The molecule has 0 atom stereocenters. The molecule has 4 aromatic rings. The Morgan fingerprint density at radius 3 is 2.58 bits per heavy atom. The van der Waals surface area contributed by atoms with E-state index in [0.717, 1.165) is 16.8 Å². The molecule has 31 heavy (non-hydrogen) atoms. The molecule has 0 aliphatic carbocycles. The van der Waals surface area contributed by atoms with E-state index >= 15 is 0 Å². The van der Waals surface area contributed by atoms with Gasteiger partial charge in [-0.15, -0.1) is 10.2 Å². The zero-order chi connectivity index (χ0) is 21.4. The van der Waals surface area contributed by atoms with Crippen LogP contribution in [-0.4, -0.2) is 37.5 Å². The highest BCUT2D eigenvalue weighted by Gasteiger charge is 2.29. The molecule has 0 unspecified atom stereocenters. The van der Waals surface area contributed by atoms with Crippen LogP contribution in [0.1, 0.15) is 11.3 Å². The van der Waals surface area contributed by atoms with Crippen LogP contribution >= 0.6 is 0 Å². The first kappa shape index (κ1) is 19.0. The Morgan fingerprint density at radius 1 is 1.06 bits per heavy atom. The highest BCUT2D eigenvalue weighted by molar-refractivity contribution is 5.89. The van der Waals surface area contributed by atoms with Gasteiger partial charge in [0.1, 0.15) is 5.82 Å². The van der Waals surface area contributed by atoms with Crippen LogP contribution in [0.5, 0.6) is 0 Å². The second-order valence-corrected chi connectivity index (χ2v) is 7.28. The van der Waals surface area contributed by atoms with Gasteiger partial charge < -0.3 is 14.6 Å². The van der Waals surface area contributed by atoms with E-state index < -0.39 is 0 Å². The SMILES string of the molecule is Cn1nc(-c2nnc(-c3ccccc3)o2)c2c1CCN(C(=O)Nc1ccc(F)cc1)C2. The summed E-state index contributed by atoms with van der Waals surface area (Å²) in [6, 6.07) is 14.9. The van der Waals surface area contributed by atoms with Crippen molar-refractivity contribution in [2.24, 2.45) is 7.05 Å². The number of carbonyl (C=O) groups excluding carboxylic acids is 1. The van der Waals surface area contributed by atoms with Crippen LogP contribution in [0.4, 0.5) is 14.9 Å². The third kappa shape index (κ3) is 3.65. The normalized spacial score (nSPS) is 13.2. The fraction of sp³-hybridized carbons (Fsp3) is 0.182. The van der Waals surface area contributed by atoms with Gasteiger partial charge in [-0.1, -0.05) is 18.2 Å². The quantitative estimate of drug-likeness (QED) is 0.546. The molecule has 8 nitrogen and oxygen atoms in total. The molecule has 0 radical (unpaired) electrons. The van der Waals surface area contributed by atoms with E-state index in [0.29, 0.717) is 42.7 Å². The van der Waals surface area contributed by atoms with Gasteiger partial charge in [-0.25, -0.2) is 9.18 Å². The standard InChI is InChI=1S/C22H19FN6O2/c1-28-18-11-12-29(22(30)24-16-9-7-15(23)8-10-16)13-17(18)19(27-28)21-26-25-20(31-21)14-5-3-2-4-6-14/h2-10H,11-13H2,1H3,(H,24,30). The number of anilines is 1. The maximum absolute atomic E-state index is 13.1. The van der Waals surface area contributed by atoms with E-state index in [1.165, 1.54) is 24.3 Å². The number of benzene rings is 2. The van der Waals surface area contributed by atoms with Crippen molar-refractivity contribution in [1.82, 2.24) is 24.9 Å². The lowest BCUT2D eigenvalue weighted by atomic mass is 10.1. The third-order valence-corrected chi connectivity index (χ3v) is 5.27. The van der Waals surface area contributed by atoms with Crippen LogP contribution < -0.4 is 5.32 Å². The summed E-state index contributed by atoms with van der Waals surface area (Å²) in [7, 11) is 1.87. The van der Waals surface area contributed by atoms with E-state index in [2.05, 4.69) is 20.6 Å². The molecule has 1 N–H and O–H groups in total. The average molecular weight is 418 g/mol. The minimum atomic E-state index is -0.352. The first-order chi connectivity index (χ1) is 15.1. The Bertz CT molecular complexity index is 1230. The van der Waals surface area contributed by atoms with E-state index in [-0.39, 0.29) is 11.8 Å². The minimum Gasteiger partial charge on any atom is -0.415 e. The summed E-state index contributed by atoms with van der Waals surface area (Å²) in [5, 5.41) is 15.7. The van der Waals surface area contributed by atoms with Crippen LogP contribution in [0.3, 0.4) is 0 Å². The highest BCUT2D eigenvalue weighted by atomic mass is 19.1. The number of hydrogen-bond donors (Lipinski definition) is 1. The van der Waals surface area contributed by atoms with Gasteiger partial charge in [0, 0.05) is 42.5 Å². The van der Waals surface area contributed by atoms with Gasteiger partial charge in [-0.2, -0.15) is 5.10 Å². The van der Waals surface area contributed by atoms with Crippen LogP contribution in [0.2, 0.25) is 0 Å². The molecule has 0 saturated carbocycles. The Hall–Kier alpha value is -4.01. The second-order valence-electron chi connectivity index (χ2n) is 7.28. The van der Waals surface area contributed by atoms with Crippen molar-refractivity contribution in [2.75, 3.05) is 11.9 Å². The summed E-state index contributed by atoms with van der Waals surface area (Å²) in [5.74, 6) is 0.378. The summed E-state index contributed by atoms with van der Waals surface area (Å²) in [6.45, 7) is 0.896. The number of aromatic nitrogens is 4. The maximum atomic E-state index is 13.1. The van der Waals surface area contributed by atoms with Gasteiger partial charge in [-0.05, 0) is 36.4 Å². The lowest BCUT2D eigenvalue weighted by Gasteiger charge is -2.27. The molecule has 3 heterocycles. The second kappa shape index (κ2) is 7.67. The first-order valence-corrected chi connectivity index (χ1v) is 9.84. The highest BCUT2D eigenvalue weighted by Crippen LogP contribution is 2.31. The summed E-state index contributed by atoms with van der Waals surface area (Å²) in [4.78, 5) is 14.4. The molecule has 2 amide bonds. The third-order valence-electron chi connectivity index (χ3n) is 5.27. The van der Waals surface area contributed by atoms with Gasteiger partial charge in [0.25, 0.3) is 5.89 Å². The molecule has 0 spiro atoms. The van der Waals surface area contributed by atoms with Gasteiger partial charge in [-0.3, -0.25) is 4.68 Å². The van der Waals surface area contributed by atoms with Crippen molar-refractivity contribution in [2.45, 2.75) is 13.0 Å². The number of amides is 2. The molecule has 0 fully saturated rings. The monoisotopic (exact) mass is 418 g/mol. The van der Waals surface area contributed by atoms with Crippen molar-refractivity contribution in [3.63, 3.8) is 0 Å². The number of urea groups is 1. The van der Waals surface area contributed by atoms with Crippen LogP contribution in [-0.2, 0) is 20.0 Å². The molecule has 0 bridgehead atoms. The fourth-order valence-electron chi connectivity index (χ4n) is 3.69. The zero-order valence-corrected chi connectivity index (χ0v) is 16.7. The van der Waals surface area contributed by atoms with Gasteiger partial charge >= 0.3 is 6.03 Å². The molecule has 9 heteroatoms. The van der Waals surface area contributed by atoms with Gasteiger partial charge in [0.15, 0.2) is 5.69 Å². The number of halogens is 1. The maximum Gasteiger partial charge on any atom is 0.322 e. The van der Waals surface area contributed by atoms with Crippen molar-refractivity contribution in [3.8, 4) is 23.0 Å². The Balaban J connectivity index is 1.40. The number of aryl methyl sites for hydroxylation is 1. The van der Waals surface area contributed by atoms with E-state index in [1.807, 2.05) is 37.4 Å². The summed E-state index contributed by atoms with van der Waals surface area (Å²) < 4.78 is 20.8. The van der Waals surface area contributed by atoms with Crippen molar-refractivity contribution in [1.29, 1.82) is 0 Å². The van der Waals surface area contributed by atoms with Crippen LogP contribution in [0.15, 0.2) is 59.0 Å². The number of nitrogens with zero attached hydrogens (tertiary/aromatic N) is 5. The predicted molar refractivity (Wildman–Crippen MR) is 111 cm³/mol. The largest absolute Gasteiger partial charge is 0.415 e. The number of nitrogens with one attached hydrogen (secondary N) is 1. The lowest BCUT2D eigenvalue weighted by molar-refractivity contribution is 0.206. The molecule has 0 saturated heterocycles. The summed E-state index contributed by atoms with van der Waals surface area (Å²) >= 11 is 0. The van der Waals surface area contributed by atoms with Gasteiger partial charge in [0.05, 0.1) is 6.54 Å². The van der Waals surface area contributed by atoms with Crippen molar-refractivity contribution in [3.05, 3.63) is 71.7 Å². The van der Waals surface area contributed by atoms with Crippen molar-refractivity contribution >= 4 is 11.7 Å². The Labute approximate surface area is 177 Å². The van der Waals surface area contributed by atoms with E-state index in [9.17, 15) is 9.18 Å². The van der Waals surface area contributed by atoms with Crippen LogP contribution in [0.25, 0.3) is 23.0 Å². The smallest absolute Gasteiger partial charge is 0.322 e.